The lowest BCUT2D eigenvalue weighted by Gasteiger charge is -2.12. The molecular weight excluding hydrogens is 320 g/mol. The summed E-state index contributed by atoms with van der Waals surface area (Å²) in [7, 11) is 0. The third-order valence-electron chi connectivity index (χ3n) is 3.49. The van der Waals surface area contributed by atoms with Crippen molar-refractivity contribution in [2.75, 3.05) is 0 Å². The second kappa shape index (κ2) is 7.72. The van der Waals surface area contributed by atoms with Crippen molar-refractivity contribution in [3.05, 3.63) is 47.7 Å². The molecule has 1 aromatic carbocycles. The Morgan fingerprint density at radius 3 is 2.38 bits per heavy atom. The van der Waals surface area contributed by atoms with Crippen LogP contribution in [0.25, 0.3) is 11.3 Å². The van der Waals surface area contributed by atoms with Crippen LogP contribution in [0, 0.1) is 0 Å². The predicted octanol–water partition coefficient (Wildman–Crippen LogP) is 3.35. The van der Waals surface area contributed by atoms with Crippen molar-refractivity contribution in [3.63, 3.8) is 0 Å². The number of furan rings is 1. The number of aryl methyl sites for hydroxylation is 1. The molecule has 0 spiro atoms. The number of nitrogens with one attached hydrogen (secondary N) is 1. The zero-order valence-electron chi connectivity index (χ0n) is 13.0. The van der Waals surface area contributed by atoms with Gasteiger partial charge in [0.1, 0.15) is 11.8 Å². The first-order valence-corrected chi connectivity index (χ1v) is 7.41. The van der Waals surface area contributed by atoms with Gasteiger partial charge in [-0.25, -0.2) is 13.6 Å². The van der Waals surface area contributed by atoms with Crippen LogP contribution in [-0.2, 0) is 11.2 Å². The van der Waals surface area contributed by atoms with Crippen LogP contribution in [0.15, 0.2) is 40.8 Å². The Kier molecular flexibility index (Phi) is 5.68. The lowest BCUT2D eigenvalue weighted by Crippen LogP contribution is -2.41. The van der Waals surface area contributed by atoms with Crippen molar-refractivity contribution < 1.29 is 27.9 Å². The molecule has 1 heterocycles. The molecule has 0 saturated heterocycles. The summed E-state index contributed by atoms with van der Waals surface area (Å²) < 4.78 is 30.1. The minimum absolute atomic E-state index is 0.134. The molecule has 1 atom stereocenters. The average molecular weight is 337 g/mol. The van der Waals surface area contributed by atoms with Crippen molar-refractivity contribution in [1.29, 1.82) is 0 Å². The van der Waals surface area contributed by atoms with Gasteiger partial charge in [0.2, 0.25) is 6.43 Å². The molecule has 1 aromatic heterocycles. The summed E-state index contributed by atoms with van der Waals surface area (Å²) in [6, 6.07) is 8.82. The topological polar surface area (TPSA) is 79.5 Å². The van der Waals surface area contributed by atoms with Crippen LogP contribution >= 0.6 is 0 Å². The molecule has 1 unspecified atom stereocenters. The number of benzene rings is 1. The normalized spacial score (nSPS) is 12.2. The van der Waals surface area contributed by atoms with E-state index in [1.54, 1.807) is 6.07 Å². The van der Waals surface area contributed by atoms with E-state index in [4.69, 9.17) is 9.52 Å². The second-order valence-corrected chi connectivity index (χ2v) is 5.21. The van der Waals surface area contributed by atoms with E-state index in [-0.39, 0.29) is 5.76 Å². The van der Waals surface area contributed by atoms with Crippen molar-refractivity contribution in [1.82, 2.24) is 5.32 Å². The minimum atomic E-state index is -2.84. The third kappa shape index (κ3) is 4.41. The summed E-state index contributed by atoms with van der Waals surface area (Å²) in [5, 5.41) is 10.9. The number of carbonyl (C=O) groups is 2. The quantitative estimate of drug-likeness (QED) is 0.812. The number of hydrogen-bond acceptors (Lipinski definition) is 3. The molecular formula is C17H17F2NO4. The zero-order valence-corrected chi connectivity index (χ0v) is 13.0. The molecule has 0 aliphatic rings. The molecule has 0 bridgehead atoms. The summed E-state index contributed by atoms with van der Waals surface area (Å²) >= 11 is 0. The van der Waals surface area contributed by atoms with Crippen LogP contribution in [0.3, 0.4) is 0 Å². The van der Waals surface area contributed by atoms with Gasteiger partial charge in [-0.2, -0.15) is 0 Å². The number of rotatable bonds is 7. The Bertz CT molecular complexity index is 710. The Morgan fingerprint density at radius 1 is 1.17 bits per heavy atom. The average Bonchev–Trinajstić information content (AvgIpc) is 3.04. The lowest BCUT2D eigenvalue weighted by molar-refractivity contribution is -0.140. The van der Waals surface area contributed by atoms with E-state index in [0.29, 0.717) is 5.76 Å². The fraction of sp³-hybridized carbons (Fsp3) is 0.294. The van der Waals surface area contributed by atoms with Gasteiger partial charge >= 0.3 is 5.97 Å². The van der Waals surface area contributed by atoms with Crippen molar-refractivity contribution in [3.8, 4) is 11.3 Å². The number of carbonyl (C=O) groups excluding carboxylic acids is 1. The Balaban J connectivity index is 2.10. The van der Waals surface area contributed by atoms with E-state index in [0.717, 1.165) is 17.5 Å². The van der Waals surface area contributed by atoms with Gasteiger partial charge in [-0.05, 0) is 24.1 Å². The monoisotopic (exact) mass is 337 g/mol. The first kappa shape index (κ1) is 17.7. The van der Waals surface area contributed by atoms with Crippen molar-refractivity contribution in [2.45, 2.75) is 32.2 Å². The molecule has 128 valence electrons. The minimum Gasteiger partial charge on any atom is -0.480 e. The van der Waals surface area contributed by atoms with E-state index in [1.165, 1.54) is 6.07 Å². The highest BCUT2D eigenvalue weighted by atomic mass is 19.3. The van der Waals surface area contributed by atoms with Gasteiger partial charge < -0.3 is 14.8 Å². The van der Waals surface area contributed by atoms with Gasteiger partial charge in [0, 0.05) is 12.0 Å². The number of amides is 1. The molecule has 1 amide bonds. The van der Waals surface area contributed by atoms with Gasteiger partial charge in [0.25, 0.3) is 5.91 Å². The third-order valence-corrected chi connectivity index (χ3v) is 3.49. The molecule has 5 nitrogen and oxygen atoms in total. The Morgan fingerprint density at radius 2 is 1.83 bits per heavy atom. The summed E-state index contributed by atoms with van der Waals surface area (Å²) in [4.78, 5) is 22.9. The second-order valence-electron chi connectivity index (χ2n) is 5.21. The zero-order chi connectivity index (χ0) is 17.7. The van der Waals surface area contributed by atoms with Crippen LogP contribution in [-0.4, -0.2) is 29.5 Å². The molecule has 0 aliphatic carbocycles. The number of hydrogen-bond donors (Lipinski definition) is 2. The fourth-order valence-electron chi connectivity index (χ4n) is 2.15. The van der Waals surface area contributed by atoms with E-state index in [9.17, 15) is 18.4 Å². The molecule has 24 heavy (non-hydrogen) atoms. The van der Waals surface area contributed by atoms with E-state index >= 15 is 0 Å². The molecule has 2 aromatic rings. The largest absolute Gasteiger partial charge is 0.480 e. The van der Waals surface area contributed by atoms with Crippen LogP contribution in [0.1, 0.15) is 29.5 Å². The van der Waals surface area contributed by atoms with Gasteiger partial charge in [-0.1, -0.05) is 31.2 Å². The highest BCUT2D eigenvalue weighted by Gasteiger charge is 2.25. The summed E-state index contributed by atoms with van der Waals surface area (Å²) in [6.07, 6.45) is -2.91. The molecule has 0 saturated carbocycles. The first-order valence-electron chi connectivity index (χ1n) is 7.41. The number of aliphatic carboxylic acids is 1. The number of alkyl halides is 2. The SMILES string of the molecule is CCc1ccc(-c2ccc(C(=O)NC(CC(F)F)C(=O)O)o2)cc1. The lowest BCUT2D eigenvalue weighted by atomic mass is 10.1. The molecule has 2 N–H and O–H groups in total. The summed E-state index contributed by atoms with van der Waals surface area (Å²) in [6.45, 7) is 2.03. The van der Waals surface area contributed by atoms with E-state index in [1.807, 2.05) is 36.5 Å². The highest BCUT2D eigenvalue weighted by Crippen LogP contribution is 2.23. The molecule has 0 aliphatic heterocycles. The van der Waals surface area contributed by atoms with Gasteiger partial charge in [0.15, 0.2) is 5.76 Å². The maximum absolute atomic E-state index is 12.3. The molecule has 0 radical (unpaired) electrons. The summed E-state index contributed by atoms with van der Waals surface area (Å²) in [5.41, 5.74) is 1.91. The summed E-state index contributed by atoms with van der Waals surface area (Å²) in [5.74, 6) is -2.07. The molecule has 2 rings (SSSR count). The van der Waals surface area contributed by atoms with Crippen LogP contribution in [0.4, 0.5) is 8.78 Å². The maximum atomic E-state index is 12.3. The van der Waals surface area contributed by atoms with Crippen molar-refractivity contribution in [2.24, 2.45) is 0 Å². The van der Waals surface area contributed by atoms with Crippen LogP contribution in [0.5, 0.6) is 0 Å². The standard InChI is InChI=1S/C17H17F2NO4/c1-2-10-3-5-11(6-4-10)13-7-8-14(24-13)16(21)20-12(17(22)23)9-15(18)19/h3-8,12,15H,2,9H2,1H3,(H,20,21)(H,22,23). The maximum Gasteiger partial charge on any atom is 0.326 e. The fourth-order valence-corrected chi connectivity index (χ4v) is 2.15. The molecule has 0 fully saturated rings. The van der Waals surface area contributed by atoms with Crippen molar-refractivity contribution >= 4 is 11.9 Å². The van der Waals surface area contributed by atoms with Crippen LogP contribution < -0.4 is 5.32 Å². The van der Waals surface area contributed by atoms with Crippen LogP contribution in [0.2, 0.25) is 0 Å². The van der Waals surface area contributed by atoms with Gasteiger partial charge in [0.05, 0.1) is 0 Å². The Labute approximate surface area is 137 Å². The van der Waals surface area contributed by atoms with E-state index in [2.05, 4.69) is 0 Å². The number of carboxylic acid groups (broad SMARTS) is 1. The van der Waals surface area contributed by atoms with Gasteiger partial charge in [-0.3, -0.25) is 4.79 Å². The number of halogens is 2. The van der Waals surface area contributed by atoms with E-state index < -0.39 is 30.8 Å². The molecule has 7 heteroatoms. The Hall–Kier alpha value is -2.70. The smallest absolute Gasteiger partial charge is 0.326 e. The number of carboxylic acids is 1. The highest BCUT2D eigenvalue weighted by molar-refractivity contribution is 5.94. The van der Waals surface area contributed by atoms with Gasteiger partial charge in [-0.15, -0.1) is 0 Å². The predicted molar refractivity (Wildman–Crippen MR) is 83.0 cm³/mol. The first-order chi connectivity index (χ1) is 11.4.